The molecular weight excluding hydrogens is 397 g/mol. The number of benzene rings is 1. The van der Waals surface area contributed by atoms with Gasteiger partial charge in [0.25, 0.3) is 5.91 Å². The van der Waals surface area contributed by atoms with Gasteiger partial charge in [0.15, 0.2) is 0 Å². The van der Waals surface area contributed by atoms with Gasteiger partial charge in [-0.05, 0) is 35.7 Å². The summed E-state index contributed by atoms with van der Waals surface area (Å²) in [6.07, 6.45) is 1.44. The Balaban J connectivity index is 1.82. The summed E-state index contributed by atoms with van der Waals surface area (Å²) < 4.78 is 0. The molecule has 3 aromatic rings. The Morgan fingerprint density at radius 1 is 1.28 bits per heavy atom. The third kappa shape index (κ3) is 4.27. The molecule has 1 aromatic carbocycles. The molecule has 0 bridgehead atoms. The predicted octanol–water partition coefficient (Wildman–Crippen LogP) is 5.72. The SMILES string of the molecule is N#C/C(=C\c1csc(-c2ccsc2)n1)C(=O)Nc1cc(Cl)ccc1Cl. The molecule has 0 aliphatic rings. The summed E-state index contributed by atoms with van der Waals surface area (Å²) >= 11 is 15.0. The average Bonchev–Trinajstić information content (AvgIpc) is 3.27. The van der Waals surface area contributed by atoms with Crippen LogP contribution in [0.15, 0.2) is 46.0 Å². The highest BCUT2D eigenvalue weighted by molar-refractivity contribution is 7.14. The van der Waals surface area contributed by atoms with Gasteiger partial charge < -0.3 is 5.32 Å². The van der Waals surface area contributed by atoms with E-state index in [1.54, 1.807) is 28.8 Å². The number of carbonyl (C=O) groups is 1. The number of anilines is 1. The minimum absolute atomic E-state index is 0.0711. The minimum Gasteiger partial charge on any atom is -0.320 e. The van der Waals surface area contributed by atoms with E-state index in [4.69, 9.17) is 23.2 Å². The predicted molar refractivity (Wildman–Crippen MR) is 104 cm³/mol. The van der Waals surface area contributed by atoms with Crippen LogP contribution in [0.25, 0.3) is 16.6 Å². The molecule has 0 unspecified atom stereocenters. The summed E-state index contributed by atoms with van der Waals surface area (Å²) in [5.41, 5.74) is 1.84. The molecule has 0 saturated carbocycles. The lowest BCUT2D eigenvalue weighted by Crippen LogP contribution is -2.13. The molecule has 0 fully saturated rings. The van der Waals surface area contributed by atoms with Gasteiger partial charge in [-0.25, -0.2) is 4.98 Å². The van der Waals surface area contributed by atoms with Crippen LogP contribution in [0.1, 0.15) is 5.69 Å². The highest BCUT2D eigenvalue weighted by Gasteiger charge is 2.13. The van der Waals surface area contributed by atoms with E-state index in [0.717, 1.165) is 10.6 Å². The Bertz CT molecular complexity index is 988. The van der Waals surface area contributed by atoms with E-state index >= 15 is 0 Å². The average molecular weight is 406 g/mol. The maximum atomic E-state index is 12.3. The number of thiazole rings is 1. The van der Waals surface area contributed by atoms with Crippen molar-refractivity contribution in [3.8, 4) is 16.6 Å². The van der Waals surface area contributed by atoms with Crippen molar-refractivity contribution in [3.63, 3.8) is 0 Å². The van der Waals surface area contributed by atoms with E-state index in [1.165, 1.54) is 23.5 Å². The zero-order valence-electron chi connectivity index (χ0n) is 12.5. The number of hydrogen-bond acceptors (Lipinski definition) is 5. The van der Waals surface area contributed by atoms with Crippen LogP contribution in [-0.4, -0.2) is 10.9 Å². The van der Waals surface area contributed by atoms with Gasteiger partial charge in [-0.3, -0.25) is 4.79 Å². The maximum Gasteiger partial charge on any atom is 0.266 e. The minimum atomic E-state index is -0.572. The quantitative estimate of drug-likeness (QED) is 0.445. The Labute approximate surface area is 162 Å². The van der Waals surface area contributed by atoms with E-state index in [-0.39, 0.29) is 5.57 Å². The molecule has 0 saturated heterocycles. The van der Waals surface area contributed by atoms with Gasteiger partial charge in [-0.15, -0.1) is 11.3 Å². The smallest absolute Gasteiger partial charge is 0.266 e. The van der Waals surface area contributed by atoms with Crippen molar-refractivity contribution in [2.24, 2.45) is 0 Å². The first-order chi connectivity index (χ1) is 12.1. The number of nitriles is 1. The molecule has 0 spiro atoms. The fraction of sp³-hybridized carbons (Fsp3) is 0. The molecule has 0 radical (unpaired) electrons. The first-order valence-corrected chi connectivity index (χ1v) is 9.51. The summed E-state index contributed by atoms with van der Waals surface area (Å²) in [5.74, 6) is -0.572. The molecule has 0 atom stereocenters. The van der Waals surface area contributed by atoms with Crippen molar-refractivity contribution in [2.75, 3.05) is 5.32 Å². The van der Waals surface area contributed by atoms with E-state index < -0.39 is 5.91 Å². The van der Waals surface area contributed by atoms with E-state index in [2.05, 4.69) is 10.3 Å². The van der Waals surface area contributed by atoms with Gasteiger partial charge in [-0.2, -0.15) is 16.6 Å². The highest BCUT2D eigenvalue weighted by atomic mass is 35.5. The van der Waals surface area contributed by atoms with Crippen molar-refractivity contribution in [2.45, 2.75) is 0 Å². The largest absolute Gasteiger partial charge is 0.320 e. The van der Waals surface area contributed by atoms with E-state index in [0.29, 0.717) is 21.4 Å². The molecule has 3 rings (SSSR count). The van der Waals surface area contributed by atoms with Crippen molar-refractivity contribution in [1.82, 2.24) is 4.98 Å². The van der Waals surface area contributed by atoms with Crippen LogP contribution < -0.4 is 5.32 Å². The second-order valence-electron chi connectivity index (χ2n) is 4.84. The van der Waals surface area contributed by atoms with Crippen LogP contribution in [0.2, 0.25) is 10.0 Å². The third-order valence-corrected chi connectivity index (χ3v) is 5.28. The molecule has 8 heteroatoms. The van der Waals surface area contributed by atoms with Gasteiger partial charge in [0.05, 0.1) is 16.4 Å². The molecule has 0 aliphatic heterocycles. The van der Waals surface area contributed by atoms with Crippen LogP contribution >= 0.6 is 45.9 Å². The monoisotopic (exact) mass is 405 g/mol. The van der Waals surface area contributed by atoms with E-state index in [1.807, 2.05) is 22.9 Å². The Hall–Kier alpha value is -2.17. The first-order valence-electron chi connectivity index (χ1n) is 6.93. The summed E-state index contributed by atoms with van der Waals surface area (Å²) in [6, 6.07) is 8.56. The fourth-order valence-corrected chi connectivity index (χ4v) is 3.78. The summed E-state index contributed by atoms with van der Waals surface area (Å²) in [4.78, 5) is 16.8. The standard InChI is InChI=1S/C17H9Cl2N3OS2/c18-12-1-2-14(19)15(6-12)22-16(23)11(7-20)5-13-9-25-17(21-13)10-3-4-24-8-10/h1-6,8-9H,(H,22,23)/b11-5+. The van der Waals surface area contributed by atoms with Gasteiger partial charge in [0.1, 0.15) is 16.6 Å². The molecule has 2 aromatic heterocycles. The lowest BCUT2D eigenvalue weighted by molar-refractivity contribution is -0.112. The number of rotatable bonds is 4. The second-order valence-corrected chi connectivity index (χ2v) is 7.32. The Kier molecular flexibility index (Phi) is 5.51. The number of halogens is 2. The third-order valence-electron chi connectivity index (χ3n) is 3.12. The van der Waals surface area contributed by atoms with Crippen LogP contribution in [-0.2, 0) is 4.79 Å². The second kappa shape index (κ2) is 7.81. The number of thiophene rings is 1. The van der Waals surface area contributed by atoms with Crippen LogP contribution in [0.4, 0.5) is 5.69 Å². The molecule has 25 heavy (non-hydrogen) atoms. The molecule has 1 amide bonds. The topological polar surface area (TPSA) is 65.8 Å². The van der Waals surface area contributed by atoms with Gasteiger partial charge in [0, 0.05) is 21.3 Å². The summed E-state index contributed by atoms with van der Waals surface area (Å²) in [6.45, 7) is 0. The van der Waals surface area contributed by atoms with Gasteiger partial charge in [-0.1, -0.05) is 23.2 Å². The van der Waals surface area contributed by atoms with E-state index in [9.17, 15) is 10.1 Å². The van der Waals surface area contributed by atoms with Crippen molar-refractivity contribution < 1.29 is 4.79 Å². The molecule has 4 nitrogen and oxygen atoms in total. The lowest BCUT2D eigenvalue weighted by atomic mass is 10.2. The Morgan fingerprint density at radius 3 is 2.84 bits per heavy atom. The zero-order chi connectivity index (χ0) is 17.8. The molecule has 0 aliphatic carbocycles. The Morgan fingerprint density at radius 2 is 2.12 bits per heavy atom. The molecule has 2 heterocycles. The van der Waals surface area contributed by atoms with Crippen molar-refractivity contribution in [3.05, 3.63) is 61.7 Å². The summed E-state index contributed by atoms with van der Waals surface area (Å²) in [7, 11) is 0. The number of aromatic nitrogens is 1. The number of hydrogen-bond donors (Lipinski definition) is 1. The molecule has 1 N–H and O–H groups in total. The molecular formula is C17H9Cl2N3OS2. The highest BCUT2D eigenvalue weighted by Crippen LogP contribution is 2.28. The van der Waals surface area contributed by atoms with Crippen molar-refractivity contribution >= 4 is 63.5 Å². The van der Waals surface area contributed by atoms with Crippen molar-refractivity contribution in [1.29, 1.82) is 5.26 Å². The lowest BCUT2D eigenvalue weighted by Gasteiger charge is -2.06. The number of amides is 1. The fourth-order valence-electron chi connectivity index (χ4n) is 1.95. The molecule has 124 valence electrons. The summed E-state index contributed by atoms with van der Waals surface area (Å²) in [5, 5.41) is 19.2. The van der Waals surface area contributed by atoms with Gasteiger partial charge in [0.2, 0.25) is 0 Å². The zero-order valence-corrected chi connectivity index (χ0v) is 15.6. The maximum absolute atomic E-state index is 12.3. The normalized spacial score (nSPS) is 11.2. The number of nitrogens with zero attached hydrogens (tertiary/aromatic N) is 2. The van der Waals surface area contributed by atoms with Crippen LogP contribution in [0.3, 0.4) is 0 Å². The van der Waals surface area contributed by atoms with Crippen LogP contribution in [0, 0.1) is 11.3 Å². The number of carbonyl (C=O) groups excluding carboxylic acids is 1. The van der Waals surface area contributed by atoms with Gasteiger partial charge >= 0.3 is 0 Å². The van der Waals surface area contributed by atoms with Crippen LogP contribution in [0.5, 0.6) is 0 Å². The first kappa shape index (κ1) is 17.6. The number of nitrogens with one attached hydrogen (secondary N) is 1.